The highest BCUT2D eigenvalue weighted by atomic mass is 32.2. The highest BCUT2D eigenvalue weighted by molar-refractivity contribution is 7.85. The SMILES string of the molecule is CS(=O)(=O)OCC1(CO)CCN2c3cc(OCc4ccc(Oc5ccnc(C(F)(F)F)c5)c(F)c4)nc(=O)n3CC2C1. The standard InChI is InChI=1S/C26H26F4N4O7S/c1-42(37,38)40-15-25(14-35)5-7-33-17(11-25)12-34-23(33)10-22(32-24(34)36)39-13-16-2-3-20(19(27)8-16)41-18-4-6-31-21(9-18)26(28,29)30/h2-4,6,8-10,17,35H,5,7,11-15H2,1H3. The van der Waals surface area contributed by atoms with Gasteiger partial charge in [0.15, 0.2) is 11.6 Å². The minimum Gasteiger partial charge on any atom is -0.473 e. The lowest BCUT2D eigenvalue weighted by molar-refractivity contribution is -0.141. The summed E-state index contributed by atoms with van der Waals surface area (Å²) in [6, 6.07) is 7.00. The number of anilines is 1. The van der Waals surface area contributed by atoms with E-state index in [1.807, 2.05) is 4.90 Å². The second kappa shape index (κ2) is 11.1. The molecule has 3 aromatic rings. The van der Waals surface area contributed by atoms with E-state index in [1.165, 1.54) is 22.8 Å². The molecule has 1 fully saturated rings. The Labute approximate surface area is 237 Å². The molecule has 0 aliphatic carbocycles. The molecule has 0 saturated carbocycles. The van der Waals surface area contributed by atoms with E-state index in [9.17, 15) is 35.9 Å². The number of fused-ring (bicyclic) bond motifs is 3. The van der Waals surface area contributed by atoms with Gasteiger partial charge in [-0.3, -0.25) is 13.7 Å². The Morgan fingerprint density at radius 3 is 2.67 bits per heavy atom. The Hall–Kier alpha value is -3.76. The van der Waals surface area contributed by atoms with Crippen LogP contribution in [-0.4, -0.2) is 60.1 Å². The molecule has 42 heavy (non-hydrogen) atoms. The van der Waals surface area contributed by atoms with Crippen molar-refractivity contribution in [3.05, 3.63) is 70.2 Å². The molecule has 11 nitrogen and oxygen atoms in total. The number of halogens is 4. The van der Waals surface area contributed by atoms with Crippen molar-refractivity contribution in [2.24, 2.45) is 5.41 Å². The van der Waals surface area contributed by atoms with Crippen LogP contribution < -0.4 is 20.1 Å². The zero-order chi connectivity index (χ0) is 30.3. The Kier molecular flexibility index (Phi) is 7.89. The molecule has 0 spiro atoms. The maximum absolute atomic E-state index is 14.7. The van der Waals surface area contributed by atoms with Crippen LogP contribution in [0.25, 0.3) is 0 Å². The molecule has 4 heterocycles. The Morgan fingerprint density at radius 1 is 1.19 bits per heavy atom. The van der Waals surface area contributed by atoms with Gasteiger partial charge in [-0.1, -0.05) is 6.07 Å². The fraction of sp³-hybridized carbons (Fsp3) is 0.423. The number of nitrogens with zero attached hydrogens (tertiary/aromatic N) is 4. The number of aliphatic hydroxyl groups excluding tert-OH is 1. The first-order chi connectivity index (χ1) is 19.7. The number of benzene rings is 1. The summed E-state index contributed by atoms with van der Waals surface area (Å²) >= 11 is 0. The molecular formula is C26H26F4N4O7S. The zero-order valence-corrected chi connectivity index (χ0v) is 23.0. The first-order valence-electron chi connectivity index (χ1n) is 12.7. The van der Waals surface area contributed by atoms with E-state index in [4.69, 9.17) is 13.7 Å². The number of alkyl halides is 3. The van der Waals surface area contributed by atoms with Crippen molar-refractivity contribution in [1.29, 1.82) is 0 Å². The van der Waals surface area contributed by atoms with Crippen molar-refractivity contribution in [3.8, 4) is 17.4 Å². The Bertz CT molecular complexity index is 1650. The molecule has 1 aromatic carbocycles. The monoisotopic (exact) mass is 614 g/mol. The molecule has 1 saturated heterocycles. The predicted octanol–water partition coefficient (Wildman–Crippen LogP) is 3.10. The van der Waals surface area contributed by atoms with Crippen LogP contribution in [0.3, 0.4) is 0 Å². The van der Waals surface area contributed by atoms with Gasteiger partial charge in [-0.2, -0.15) is 26.6 Å². The van der Waals surface area contributed by atoms with Gasteiger partial charge in [-0.15, -0.1) is 0 Å². The number of pyridine rings is 1. The molecule has 1 N–H and O–H groups in total. The van der Waals surface area contributed by atoms with E-state index in [0.29, 0.717) is 36.8 Å². The maximum atomic E-state index is 14.7. The Morgan fingerprint density at radius 2 is 1.98 bits per heavy atom. The third-order valence-electron chi connectivity index (χ3n) is 7.19. The molecule has 2 aliphatic rings. The highest BCUT2D eigenvalue weighted by Crippen LogP contribution is 2.41. The molecule has 2 aliphatic heterocycles. The summed E-state index contributed by atoms with van der Waals surface area (Å²) in [4.78, 5) is 21.9. The molecule has 0 amide bonds. The summed E-state index contributed by atoms with van der Waals surface area (Å²) in [6.45, 7) is 0.108. The van der Waals surface area contributed by atoms with E-state index in [-0.39, 0.29) is 49.8 Å². The number of hydrogen-bond donors (Lipinski definition) is 1. The molecule has 0 radical (unpaired) electrons. The summed E-state index contributed by atoms with van der Waals surface area (Å²) < 4.78 is 93.7. The smallest absolute Gasteiger partial charge is 0.433 e. The van der Waals surface area contributed by atoms with Crippen LogP contribution in [-0.2, 0) is 33.6 Å². The third kappa shape index (κ3) is 6.50. The molecule has 2 unspecified atom stereocenters. The van der Waals surface area contributed by atoms with E-state index >= 15 is 0 Å². The van der Waals surface area contributed by atoms with Crippen molar-refractivity contribution in [2.45, 2.75) is 38.2 Å². The lowest BCUT2D eigenvalue weighted by Crippen LogP contribution is -2.49. The van der Waals surface area contributed by atoms with Crippen LogP contribution in [0.5, 0.6) is 17.4 Å². The van der Waals surface area contributed by atoms with Gasteiger partial charge in [-0.25, -0.2) is 9.18 Å². The van der Waals surface area contributed by atoms with Crippen LogP contribution >= 0.6 is 0 Å². The quantitative estimate of drug-likeness (QED) is 0.283. The summed E-state index contributed by atoms with van der Waals surface area (Å²) in [5, 5.41) is 10.0. The number of hydrogen-bond acceptors (Lipinski definition) is 10. The van der Waals surface area contributed by atoms with Gasteiger partial charge in [0, 0.05) is 42.9 Å². The largest absolute Gasteiger partial charge is 0.473 e. The molecule has 226 valence electrons. The third-order valence-corrected chi connectivity index (χ3v) is 7.74. The number of rotatable bonds is 9. The predicted molar refractivity (Wildman–Crippen MR) is 139 cm³/mol. The fourth-order valence-corrected chi connectivity index (χ4v) is 5.53. The van der Waals surface area contributed by atoms with Crippen molar-refractivity contribution in [3.63, 3.8) is 0 Å². The van der Waals surface area contributed by atoms with Gasteiger partial charge in [0.1, 0.15) is 23.9 Å². The molecule has 0 bridgehead atoms. The summed E-state index contributed by atoms with van der Waals surface area (Å²) in [5.74, 6) is -0.825. The number of aliphatic hydroxyl groups is 1. The maximum Gasteiger partial charge on any atom is 0.433 e. The number of piperidine rings is 1. The van der Waals surface area contributed by atoms with E-state index in [1.54, 1.807) is 6.07 Å². The van der Waals surface area contributed by atoms with E-state index < -0.39 is 38.9 Å². The van der Waals surface area contributed by atoms with Crippen LogP contribution in [0.2, 0.25) is 0 Å². The number of aromatic nitrogens is 3. The molecule has 16 heteroatoms. The highest BCUT2D eigenvalue weighted by Gasteiger charge is 2.44. The van der Waals surface area contributed by atoms with Crippen molar-refractivity contribution >= 4 is 15.9 Å². The lowest BCUT2D eigenvalue weighted by atomic mass is 9.77. The van der Waals surface area contributed by atoms with Crippen molar-refractivity contribution in [1.82, 2.24) is 14.5 Å². The average molecular weight is 615 g/mol. The van der Waals surface area contributed by atoms with E-state index in [2.05, 4.69) is 9.97 Å². The molecule has 2 aromatic heterocycles. The topological polar surface area (TPSA) is 133 Å². The minimum absolute atomic E-state index is 0.00325. The number of ether oxygens (including phenoxy) is 2. The lowest BCUT2D eigenvalue weighted by Gasteiger charge is -2.43. The van der Waals surface area contributed by atoms with Crippen LogP contribution in [0.4, 0.5) is 23.4 Å². The second-order valence-corrected chi connectivity index (χ2v) is 11.9. The summed E-state index contributed by atoms with van der Waals surface area (Å²) in [6.07, 6.45) is -2.01. The Balaban J connectivity index is 1.25. The van der Waals surface area contributed by atoms with Gasteiger partial charge in [0.05, 0.1) is 19.5 Å². The summed E-state index contributed by atoms with van der Waals surface area (Å²) in [5.41, 5.74) is -2.17. The normalized spacial score (nSPS) is 20.2. The van der Waals surface area contributed by atoms with Gasteiger partial charge >= 0.3 is 11.9 Å². The fourth-order valence-electron chi connectivity index (χ4n) is 5.07. The van der Waals surface area contributed by atoms with Crippen LogP contribution in [0, 0.1) is 11.2 Å². The average Bonchev–Trinajstić information content (AvgIpc) is 3.29. The van der Waals surface area contributed by atoms with Gasteiger partial charge < -0.3 is 19.5 Å². The van der Waals surface area contributed by atoms with Gasteiger partial charge in [-0.05, 0) is 36.6 Å². The molecular weight excluding hydrogens is 588 g/mol. The molecule has 2 atom stereocenters. The second-order valence-electron chi connectivity index (χ2n) is 10.3. The zero-order valence-electron chi connectivity index (χ0n) is 22.2. The van der Waals surface area contributed by atoms with Crippen molar-refractivity contribution < 1.29 is 44.7 Å². The van der Waals surface area contributed by atoms with Crippen molar-refractivity contribution in [2.75, 3.05) is 30.9 Å². The van der Waals surface area contributed by atoms with Crippen LogP contribution in [0.1, 0.15) is 24.1 Å². The first-order valence-corrected chi connectivity index (χ1v) is 14.5. The van der Waals surface area contributed by atoms with Gasteiger partial charge in [0.25, 0.3) is 10.1 Å². The minimum atomic E-state index is -4.68. The molecule has 5 rings (SSSR count). The van der Waals surface area contributed by atoms with E-state index in [0.717, 1.165) is 18.5 Å². The summed E-state index contributed by atoms with van der Waals surface area (Å²) in [7, 11) is -3.69. The van der Waals surface area contributed by atoms with Crippen LogP contribution in [0.15, 0.2) is 47.4 Å². The first kappa shape index (κ1) is 29.7. The van der Waals surface area contributed by atoms with Gasteiger partial charge in [0.2, 0.25) is 5.88 Å².